The normalized spacial score (nSPS) is 19.0. The Hall–Kier alpha value is -5.45. The van der Waals surface area contributed by atoms with Crippen LogP contribution in [-0.4, -0.2) is 64.3 Å². The second-order valence-electron chi connectivity index (χ2n) is 12.1. The van der Waals surface area contributed by atoms with Crippen molar-refractivity contribution in [2.45, 2.75) is 45.4 Å². The van der Waals surface area contributed by atoms with Gasteiger partial charge in [-0.15, -0.1) is 0 Å². The molecule has 2 aromatic carbocycles. The third-order valence-electron chi connectivity index (χ3n) is 8.72. The highest BCUT2D eigenvalue weighted by atomic mass is 19.1. The number of anilines is 1. The van der Waals surface area contributed by atoms with Gasteiger partial charge in [-0.1, -0.05) is 6.07 Å². The second kappa shape index (κ2) is 13.1. The molecule has 1 fully saturated rings. The maximum atomic E-state index is 14.8. The number of esters is 1. The smallest absolute Gasteiger partial charge is 0.339 e. The molecule has 10 nitrogen and oxygen atoms in total. The third kappa shape index (κ3) is 6.74. The Morgan fingerprint density at radius 1 is 0.957 bits per heavy atom. The van der Waals surface area contributed by atoms with Crippen molar-refractivity contribution in [3.05, 3.63) is 113 Å². The molecule has 0 spiro atoms. The first-order chi connectivity index (χ1) is 22.6. The molecule has 2 aromatic heterocycles. The van der Waals surface area contributed by atoms with Gasteiger partial charge in [0.05, 0.1) is 16.8 Å². The van der Waals surface area contributed by atoms with E-state index in [1.807, 2.05) is 25.1 Å². The van der Waals surface area contributed by atoms with Crippen molar-refractivity contribution in [2.24, 2.45) is 5.92 Å². The quantitative estimate of drug-likeness (QED) is 0.272. The molecule has 0 bridgehead atoms. The lowest BCUT2D eigenvalue weighted by Gasteiger charge is -2.34. The van der Waals surface area contributed by atoms with Crippen molar-refractivity contribution < 1.29 is 28.3 Å². The summed E-state index contributed by atoms with van der Waals surface area (Å²) in [5.74, 6) is -2.08. The van der Waals surface area contributed by atoms with E-state index in [0.29, 0.717) is 41.8 Å². The molecule has 1 aliphatic heterocycles. The number of nitrogens with zero attached hydrogens (tertiary/aromatic N) is 4. The molecule has 3 amide bonds. The molecule has 3 heterocycles. The first-order valence-corrected chi connectivity index (χ1v) is 15.4. The van der Waals surface area contributed by atoms with Crippen LogP contribution in [0.25, 0.3) is 11.1 Å². The summed E-state index contributed by atoms with van der Waals surface area (Å²) in [6, 6.07) is 13.8. The monoisotopic (exact) mass is 635 g/mol. The van der Waals surface area contributed by atoms with Crippen molar-refractivity contribution in [1.29, 1.82) is 0 Å². The minimum Gasteiger partial charge on any atom is -0.459 e. The van der Waals surface area contributed by atoms with E-state index in [9.17, 15) is 23.6 Å². The Balaban J connectivity index is 1.10. The fraction of sp³-hybridized carbons (Fsp3) is 0.278. The number of benzene rings is 2. The summed E-state index contributed by atoms with van der Waals surface area (Å²) in [6.07, 6.45) is 7.43. The van der Waals surface area contributed by atoms with E-state index in [1.54, 1.807) is 50.8 Å². The number of fused-ring (bicyclic) bond motifs is 1. The fourth-order valence-corrected chi connectivity index (χ4v) is 6.02. The number of aryl methyl sites for hydroxylation is 1. The van der Waals surface area contributed by atoms with Crippen molar-refractivity contribution in [2.75, 3.05) is 18.5 Å². The number of ether oxygens (including phenoxy) is 1. The number of rotatable bonds is 8. The molecular formula is C36H34FN5O5. The number of hydrogen-bond donors (Lipinski definition) is 1. The van der Waals surface area contributed by atoms with Crippen molar-refractivity contribution in [3.63, 3.8) is 0 Å². The Morgan fingerprint density at radius 2 is 1.72 bits per heavy atom. The Labute approximate surface area is 271 Å². The van der Waals surface area contributed by atoms with Crippen LogP contribution in [0.4, 0.5) is 10.1 Å². The summed E-state index contributed by atoms with van der Waals surface area (Å²) in [5, 5.41) is 2.84. The minimum atomic E-state index is -0.840. The van der Waals surface area contributed by atoms with Crippen molar-refractivity contribution in [1.82, 2.24) is 20.2 Å². The molecule has 1 atom stereocenters. The van der Waals surface area contributed by atoms with Crippen LogP contribution in [0.15, 0.2) is 79.4 Å². The lowest BCUT2D eigenvalue weighted by Crippen LogP contribution is -2.45. The van der Waals surface area contributed by atoms with E-state index in [4.69, 9.17) is 4.74 Å². The van der Waals surface area contributed by atoms with Crippen LogP contribution < -0.4 is 10.2 Å². The number of aromatic nitrogens is 2. The van der Waals surface area contributed by atoms with Crippen LogP contribution in [-0.2, 0) is 16.1 Å². The zero-order valence-electron chi connectivity index (χ0n) is 26.3. The molecule has 2 aliphatic rings. The molecule has 6 rings (SSSR count). The highest BCUT2D eigenvalue weighted by Crippen LogP contribution is 2.33. The molecule has 1 saturated carbocycles. The van der Waals surface area contributed by atoms with Crippen molar-refractivity contribution >= 4 is 29.4 Å². The first kappa shape index (κ1) is 31.5. The number of carbonyl (C=O) groups excluding carboxylic acids is 4. The van der Waals surface area contributed by atoms with Gasteiger partial charge < -0.3 is 19.9 Å². The summed E-state index contributed by atoms with van der Waals surface area (Å²) in [6.45, 7) is 3.75. The number of pyridine rings is 2. The van der Waals surface area contributed by atoms with E-state index in [0.717, 1.165) is 22.8 Å². The van der Waals surface area contributed by atoms with Crippen LogP contribution >= 0.6 is 0 Å². The van der Waals surface area contributed by atoms with Crippen LogP contribution in [0.1, 0.15) is 62.0 Å². The van der Waals surface area contributed by atoms with E-state index >= 15 is 0 Å². The van der Waals surface area contributed by atoms with E-state index in [1.165, 1.54) is 28.1 Å². The number of amides is 3. The molecule has 0 radical (unpaired) electrons. The van der Waals surface area contributed by atoms with Gasteiger partial charge in [0.25, 0.3) is 11.8 Å². The van der Waals surface area contributed by atoms with E-state index < -0.39 is 23.7 Å². The number of likely N-dealkylation sites (N-methyl/N-ethyl adjacent to an activating group) is 1. The number of nitrogens with one attached hydrogen (secondary N) is 1. The topological polar surface area (TPSA) is 122 Å². The van der Waals surface area contributed by atoms with E-state index in [-0.39, 0.29) is 35.9 Å². The maximum Gasteiger partial charge on any atom is 0.339 e. The molecule has 4 aromatic rings. The SMILES string of the molecule is Cc1cncc(C(=O)O[C@H]2C[C@@H](CNC(=O)c3cc(F)cc(CN4C(=O)c5ccc(-c6ccncc6)cc5N(C)C(=O)[C@H]4C)c3)C2)c1. The Bertz CT molecular complexity index is 1860. The fourth-order valence-electron chi connectivity index (χ4n) is 6.02. The predicted octanol–water partition coefficient (Wildman–Crippen LogP) is 4.96. The largest absolute Gasteiger partial charge is 0.459 e. The molecule has 11 heteroatoms. The molecule has 0 saturated heterocycles. The van der Waals surface area contributed by atoms with Crippen LogP contribution in [0, 0.1) is 18.7 Å². The zero-order valence-corrected chi connectivity index (χ0v) is 26.3. The third-order valence-corrected chi connectivity index (χ3v) is 8.72. The van der Waals surface area contributed by atoms with Crippen LogP contribution in [0.5, 0.6) is 0 Å². The molecule has 0 unspecified atom stereocenters. The van der Waals surface area contributed by atoms with Crippen LogP contribution in [0.3, 0.4) is 0 Å². The van der Waals surface area contributed by atoms with Crippen molar-refractivity contribution in [3.8, 4) is 11.1 Å². The maximum absolute atomic E-state index is 14.8. The average Bonchev–Trinajstić information content (AvgIpc) is 3.11. The average molecular weight is 636 g/mol. The van der Waals surface area contributed by atoms with Crippen LogP contribution in [0.2, 0.25) is 0 Å². The van der Waals surface area contributed by atoms with E-state index in [2.05, 4.69) is 15.3 Å². The highest BCUT2D eigenvalue weighted by molar-refractivity contribution is 6.11. The van der Waals surface area contributed by atoms with Gasteiger partial charge >= 0.3 is 5.97 Å². The second-order valence-corrected chi connectivity index (χ2v) is 12.1. The molecule has 1 N–H and O–H groups in total. The van der Waals surface area contributed by atoms with Gasteiger partial charge in [-0.05, 0) is 103 Å². The van der Waals surface area contributed by atoms with Gasteiger partial charge in [-0.2, -0.15) is 0 Å². The Morgan fingerprint density at radius 3 is 2.47 bits per heavy atom. The predicted molar refractivity (Wildman–Crippen MR) is 172 cm³/mol. The zero-order chi connectivity index (χ0) is 33.2. The first-order valence-electron chi connectivity index (χ1n) is 15.4. The summed E-state index contributed by atoms with van der Waals surface area (Å²) in [5.41, 5.74) is 4.30. The van der Waals surface area contributed by atoms with Gasteiger partial charge in [-0.25, -0.2) is 9.18 Å². The van der Waals surface area contributed by atoms with Gasteiger partial charge in [0.2, 0.25) is 5.91 Å². The summed E-state index contributed by atoms with van der Waals surface area (Å²) >= 11 is 0. The molecule has 1 aliphatic carbocycles. The number of hydrogen-bond acceptors (Lipinski definition) is 7. The standard InChI is InChI=1S/C36H34FN5O5/c1-21-10-28(19-39-17-21)36(46)47-30-13-23(14-30)18-40-33(43)27-11-24(12-29(37)15-27)20-42-22(2)34(44)41(3)32-16-26(4-5-31(32)35(42)45)25-6-8-38-9-7-25/h4-12,15-17,19,22-23,30H,13-14,18,20H2,1-3H3,(H,40,43)/t22-,23-,30+/m1/s1. The lowest BCUT2D eigenvalue weighted by atomic mass is 9.82. The minimum absolute atomic E-state index is 0.0741. The summed E-state index contributed by atoms with van der Waals surface area (Å²) in [4.78, 5) is 63.6. The number of carbonyl (C=O) groups is 4. The molecule has 240 valence electrons. The summed E-state index contributed by atoms with van der Waals surface area (Å²) < 4.78 is 20.3. The number of halogens is 1. The lowest BCUT2D eigenvalue weighted by molar-refractivity contribution is -0.122. The van der Waals surface area contributed by atoms with Gasteiger partial charge in [-0.3, -0.25) is 24.4 Å². The summed E-state index contributed by atoms with van der Waals surface area (Å²) in [7, 11) is 1.63. The van der Waals surface area contributed by atoms with Gasteiger partial charge in [0, 0.05) is 50.5 Å². The van der Waals surface area contributed by atoms with Gasteiger partial charge in [0.1, 0.15) is 18.0 Å². The molecule has 47 heavy (non-hydrogen) atoms. The molecular weight excluding hydrogens is 601 g/mol. The highest BCUT2D eigenvalue weighted by Gasteiger charge is 2.36. The Kier molecular flexibility index (Phi) is 8.80. The van der Waals surface area contributed by atoms with Gasteiger partial charge in [0.15, 0.2) is 0 Å².